The summed E-state index contributed by atoms with van der Waals surface area (Å²) in [5.74, 6) is 0.519. The Morgan fingerprint density at radius 2 is 2.04 bits per heavy atom. The lowest BCUT2D eigenvalue weighted by molar-refractivity contribution is -0.151. The molecule has 0 radical (unpaired) electrons. The molecule has 0 spiro atoms. The van der Waals surface area contributed by atoms with Gasteiger partial charge < -0.3 is 14.9 Å². The summed E-state index contributed by atoms with van der Waals surface area (Å²) < 4.78 is 1.79. The van der Waals surface area contributed by atoms with Gasteiger partial charge in [-0.3, -0.25) is 9.20 Å². The van der Waals surface area contributed by atoms with Gasteiger partial charge in [0.2, 0.25) is 5.65 Å². The molecule has 2 saturated heterocycles. The minimum atomic E-state index is -1.34. The summed E-state index contributed by atoms with van der Waals surface area (Å²) in [7, 11) is 0. The van der Waals surface area contributed by atoms with Gasteiger partial charge in [0.1, 0.15) is 6.33 Å². The van der Waals surface area contributed by atoms with E-state index in [-0.39, 0.29) is 12.5 Å². The number of fused-ring (bicyclic) bond motifs is 1. The summed E-state index contributed by atoms with van der Waals surface area (Å²) in [5, 5.41) is 18.9. The number of rotatable bonds is 2. The van der Waals surface area contributed by atoms with Gasteiger partial charge in [-0.25, -0.2) is 4.98 Å². The molecule has 23 heavy (non-hydrogen) atoms. The van der Waals surface area contributed by atoms with Gasteiger partial charge in [-0.15, -0.1) is 10.2 Å². The molecule has 0 aromatic carbocycles. The highest BCUT2D eigenvalue weighted by atomic mass is 16.3. The molecule has 8 nitrogen and oxygen atoms in total. The molecule has 0 bridgehead atoms. The van der Waals surface area contributed by atoms with Crippen LogP contribution in [0.25, 0.3) is 5.65 Å². The van der Waals surface area contributed by atoms with Crippen molar-refractivity contribution < 1.29 is 9.90 Å². The van der Waals surface area contributed by atoms with E-state index in [0.717, 1.165) is 38.9 Å². The van der Waals surface area contributed by atoms with E-state index in [0.29, 0.717) is 17.9 Å². The highest BCUT2D eigenvalue weighted by Gasteiger charge is 2.44. The predicted octanol–water partition coefficient (Wildman–Crippen LogP) is 0.0780. The summed E-state index contributed by atoms with van der Waals surface area (Å²) in [4.78, 5) is 20.8. The maximum Gasteiger partial charge on any atom is 0.256 e. The molecule has 1 unspecified atom stereocenters. The molecular formula is C15H20N6O2. The molecule has 0 aliphatic carbocycles. The van der Waals surface area contributed by atoms with Gasteiger partial charge in [-0.1, -0.05) is 0 Å². The monoisotopic (exact) mass is 316 g/mol. The van der Waals surface area contributed by atoms with E-state index in [9.17, 15) is 9.90 Å². The van der Waals surface area contributed by atoms with Crippen molar-refractivity contribution in [3.05, 3.63) is 18.7 Å². The Hall–Kier alpha value is -2.22. The van der Waals surface area contributed by atoms with E-state index in [4.69, 9.17) is 0 Å². The molecule has 4 rings (SSSR count). The van der Waals surface area contributed by atoms with Crippen LogP contribution in [0.3, 0.4) is 0 Å². The first-order chi connectivity index (χ1) is 11.2. The fraction of sp³-hybridized carbons (Fsp3) is 0.600. The van der Waals surface area contributed by atoms with Crippen LogP contribution in [0.4, 0.5) is 5.82 Å². The maximum atomic E-state index is 12.7. The Balaban J connectivity index is 1.61. The van der Waals surface area contributed by atoms with E-state index in [1.54, 1.807) is 28.0 Å². The van der Waals surface area contributed by atoms with E-state index >= 15 is 0 Å². The van der Waals surface area contributed by atoms with E-state index in [1.807, 2.05) is 4.90 Å². The minimum absolute atomic E-state index is 0.145. The Kier molecular flexibility index (Phi) is 3.41. The zero-order valence-electron chi connectivity index (χ0n) is 12.9. The Labute approximate surface area is 133 Å². The number of aliphatic hydroxyl groups is 1. The zero-order valence-corrected chi connectivity index (χ0v) is 12.9. The van der Waals surface area contributed by atoms with Gasteiger partial charge in [0.25, 0.3) is 5.91 Å². The zero-order chi connectivity index (χ0) is 15.9. The Morgan fingerprint density at radius 3 is 2.87 bits per heavy atom. The number of anilines is 1. The number of hydrogen-bond acceptors (Lipinski definition) is 6. The summed E-state index contributed by atoms with van der Waals surface area (Å²) >= 11 is 0. The van der Waals surface area contributed by atoms with Crippen molar-refractivity contribution in [1.29, 1.82) is 0 Å². The number of piperidine rings is 1. The first-order valence-electron chi connectivity index (χ1n) is 8.08. The van der Waals surface area contributed by atoms with Crippen molar-refractivity contribution in [2.75, 3.05) is 31.1 Å². The summed E-state index contributed by atoms with van der Waals surface area (Å²) in [6.07, 6.45) is 8.36. The molecule has 122 valence electrons. The normalized spacial score (nSPS) is 25.3. The number of hydrogen-bond donors (Lipinski definition) is 1. The van der Waals surface area contributed by atoms with Crippen LogP contribution in [-0.2, 0) is 4.79 Å². The van der Waals surface area contributed by atoms with Crippen LogP contribution in [0.5, 0.6) is 0 Å². The second-order valence-corrected chi connectivity index (χ2v) is 6.37. The smallest absolute Gasteiger partial charge is 0.256 e. The fourth-order valence-electron chi connectivity index (χ4n) is 3.57. The number of carbonyl (C=O) groups excluding carboxylic acids is 1. The first-order valence-corrected chi connectivity index (χ1v) is 8.08. The van der Waals surface area contributed by atoms with Gasteiger partial charge in [-0.2, -0.15) is 0 Å². The molecule has 1 amide bonds. The van der Waals surface area contributed by atoms with Crippen molar-refractivity contribution >= 4 is 17.4 Å². The van der Waals surface area contributed by atoms with Crippen LogP contribution in [0.2, 0.25) is 0 Å². The summed E-state index contributed by atoms with van der Waals surface area (Å²) in [6, 6.07) is 0. The molecule has 2 fully saturated rings. The highest BCUT2D eigenvalue weighted by Crippen LogP contribution is 2.29. The number of carbonyl (C=O) groups is 1. The third kappa shape index (κ3) is 2.42. The highest BCUT2D eigenvalue weighted by molar-refractivity contribution is 5.86. The topological polar surface area (TPSA) is 86.9 Å². The molecule has 2 aliphatic rings. The lowest BCUT2D eigenvalue weighted by Gasteiger charge is -2.40. The van der Waals surface area contributed by atoms with Crippen LogP contribution in [0.1, 0.15) is 25.7 Å². The number of amides is 1. The van der Waals surface area contributed by atoms with Gasteiger partial charge in [0.15, 0.2) is 11.4 Å². The quantitative estimate of drug-likeness (QED) is 0.844. The summed E-state index contributed by atoms with van der Waals surface area (Å²) in [5.41, 5.74) is -0.692. The molecule has 4 heterocycles. The largest absolute Gasteiger partial charge is 0.378 e. The Morgan fingerprint density at radius 1 is 1.22 bits per heavy atom. The van der Waals surface area contributed by atoms with Gasteiger partial charge in [0.05, 0.1) is 6.54 Å². The van der Waals surface area contributed by atoms with Crippen molar-refractivity contribution in [2.24, 2.45) is 0 Å². The number of likely N-dealkylation sites (tertiary alicyclic amines) is 1. The van der Waals surface area contributed by atoms with Crippen molar-refractivity contribution in [2.45, 2.75) is 31.3 Å². The lowest BCUT2D eigenvalue weighted by Crippen LogP contribution is -2.58. The number of nitrogens with zero attached hydrogens (tertiary/aromatic N) is 6. The molecule has 1 N–H and O–H groups in total. The van der Waals surface area contributed by atoms with E-state index in [1.165, 1.54) is 0 Å². The maximum absolute atomic E-state index is 12.7. The van der Waals surface area contributed by atoms with Gasteiger partial charge >= 0.3 is 0 Å². The fourth-order valence-corrected chi connectivity index (χ4v) is 3.57. The Bertz CT molecular complexity index is 726. The predicted molar refractivity (Wildman–Crippen MR) is 83.0 cm³/mol. The molecule has 0 saturated carbocycles. The van der Waals surface area contributed by atoms with Crippen LogP contribution >= 0.6 is 0 Å². The van der Waals surface area contributed by atoms with Crippen molar-refractivity contribution in [1.82, 2.24) is 24.5 Å². The average molecular weight is 316 g/mol. The van der Waals surface area contributed by atoms with Crippen LogP contribution < -0.4 is 4.90 Å². The van der Waals surface area contributed by atoms with E-state index in [2.05, 4.69) is 15.2 Å². The second kappa shape index (κ2) is 5.45. The number of aromatic nitrogens is 4. The molecular weight excluding hydrogens is 296 g/mol. The third-order valence-electron chi connectivity index (χ3n) is 4.76. The SMILES string of the molecule is O=C(N1CCCC1)C1(O)CCCN(c2nccn3cnnc23)C1. The summed E-state index contributed by atoms with van der Waals surface area (Å²) in [6.45, 7) is 2.50. The molecule has 2 aromatic rings. The van der Waals surface area contributed by atoms with Crippen molar-refractivity contribution in [3.8, 4) is 0 Å². The second-order valence-electron chi connectivity index (χ2n) is 6.37. The van der Waals surface area contributed by atoms with Gasteiger partial charge in [-0.05, 0) is 25.7 Å². The molecule has 2 aliphatic heterocycles. The first kappa shape index (κ1) is 14.4. The van der Waals surface area contributed by atoms with Crippen LogP contribution in [0, 0.1) is 0 Å². The standard InChI is InChI=1S/C15H20N6O2/c22-14(19-6-1-2-7-19)15(23)4-3-8-20(10-15)12-13-18-17-11-21(13)9-5-16-12/h5,9,11,23H,1-4,6-8,10H2. The molecule has 8 heteroatoms. The van der Waals surface area contributed by atoms with Crippen LogP contribution in [-0.4, -0.2) is 67.3 Å². The van der Waals surface area contributed by atoms with E-state index < -0.39 is 5.60 Å². The molecule has 2 aromatic heterocycles. The average Bonchev–Trinajstić information content (AvgIpc) is 3.25. The van der Waals surface area contributed by atoms with Crippen molar-refractivity contribution in [3.63, 3.8) is 0 Å². The third-order valence-corrected chi connectivity index (χ3v) is 4.76. The number of β-amino-alcohol motifs (C(OH)–C–C–N with tert-alkyl or cyclic N) is 1. The van der Waals surface area contributed by atoms with Gasteiger partial charge in [0, 0.05) is 32.0 Å². The minimum Gasteiger partial charge on any atom is -0.378 e. The van der Waals surface area contributed by atoms with Crippen LogP contribution in [0.15, 0.2) is 18.7 Å². The lowest BCUT2D eigenvalue weighted by atomic mass is 9.91. The molecule has 1 atom stereocenters.